The van der Waals surface area contributed by atoms with Crippen molar-refractivity contribution in [2.24, 2.45) is 5.41 Å². The molecule has 1 heterocycles. The van der Waals surface area contributed by atoms with E-state index < -0.39 is 0 Å². The van der Waals surface area contributed by atoms with Crippen molar-refractivity contribution in [1.82, 2.24) is 15.2 Å². The Morgan fingerprint density at radius 1 is 1.29 bits per heavy atom. The zero-order valence-corrected chi connectivity index (χ0v) is 15.7. The van der Waals surface area contributed by atoms with Crippen molar-refractivity contribution in [1.29, 1.82) is 0 Å². The topological polar surface area (TPSA) is 28.2 Å². The molecule has 0 saturated carbocycles. The molecular weight excluding hydrogens is 278 g/mol. The highest BCUT2D eigenvalue weighted by Gasteiger charge is 2.27. The molecule has 0 aliphatic carbocycles. The summed E-state index contributed by atoms with van der Waals surface area (Å²) in [6.45, 7) is 16.6. The fourth-order valence-corrected chi connectivity index (χ4v) is 3.37. The Morgan fingerprint density at radius 2 is 1.95 bits per heavy atom. The maximum Gasteiger partial charge on any atom is 0.0897 e. The molecule has 0 spiro atoms. The first kappa shape index (κ1) is 18.6. The zero-order valence-electron chi connectivity index (χ0n) is 14.9. The van der Waals surface area contributed by atoms with Gasteiger partial charge in [0.05, 0.1) is 10.7 Å². The maximum absolute atomic E-state index is 4.57. The highest BCUT2D eigenvalue weighted by atomic mass is 32.1. The minimum absolute atomic E-state index is 0.180. The van der Waals surface area contributed by atoms with E-state index in [-0.39, 0.29) is 5.54 Å². The van der Waals surface area contributed by atoms with E-state index >= 15 is 0 Å². The third-order valence-electron chi connectivity index (χ3n) is 3.65. The maximum atomic E-state index is 4.57. The average molecular weight is 312 g/mol. The quantitative estimate of drug-likeness (QED) is 0.784. The van der Waals surface area contributed by atoms with Gasteiger partial charge in [0.1, 0.15) is 0 Å². The van der Waals surface area contributed by atoms with Crippen LogP contribution < -0.4 is 5.32 Å². The minimum Gasteiger partial charge on any atom is -0.311 e. The molecule has 3 nitrogen and oxygen atoms in total. The van der Waals surface area contributed by atoms with Crippen LogP contribution in [0.5, 0.6) is 0 Å². The highest BCUT2D eigenvalue weighted by Crippen LogP contribution is 2.25. The number of nitrogens with one attached hydrogen (secondary N) is 1. The Morgan fingerprint density at radius 3 is 2.43 bits per heavy atom. The summed E-state index contributed by atoms with van der Waals surface area (Å²) < 4.78 is 0. The molecular formula is C17H33N3S. The molecule has 0 aliphatic heterocycles. The van der Waals surface area contributed by atoms with Crippen LogP contribution in [-0.2, 0) is 6.54 Å². The molecule has 1 N–H and O–H groups in total. The van der Waals surface area contributed by atoms with Crippen molar-refractivity contribution in [3.63, 3.8) is 0 Å². The molecule has 0 amide bonds. The van der Waals surface area contributed by atoms with Crippen molar-refractivity contribution in [3.05, 3.63) is 16.1 Å². The molecule has 1 unspecified atom stereocenters. The van der Waals surface area contributed by atoms with Gasteiger partial charge in [0.15, 0.2) is 0 Å². The largest absolute Gasteiger partial charge is 0.311 e. The number of hydrogen-bond donors (Lipinski definition) is 1. The van der Waals surface area contributed by atoms with Crippen molar-refractivity contribution in [2.45, 2.75) is 66.5 Å². The molecule has 122 valence electrons. The standard InChI is InChI=1S/C17H33N3S/c1-8-9-17(6,12-18-16(3,4)5)13-20(7)10-15-11-21-14(2)19-15/h11,18H,8-10,12-13H2,1-7H3. The van der Waals surface area contributed by atoms with Gasteiger partial charge in [-0.05, 0) is 46.6 Å². The lowest BCUT2D eigenvalue weighted by Crippen LogP contribution is -2.46. The van der Waals surface area contributed by atoms with Gasteiger partial charge in [-0.1, -0.05) is 20.3 Å². The van der Waals surface area contributed by atoms with Crippen molar-refractivity contribution in [3.8, 4) is 0 Å². The van der Waals surface area contributed by atoms with Gasteiger partial charge in [0.2, 0.25) is 0 Å². The van der Waals surface area contributed by atoms with Gasteiger partial charge in [-0.25, -0.2) is 4.98 Å². The van der Waals surface area contributed by atoms with Crippen molar-refractivity contribution < 1.29 is 0 Å². The van der Waals surface area contributed by atoms with Gasteiger partial charge in [-0.2, -0.15) is 0 Å². The lowest BCUT2D eigenvalue weighted by atomic mass is 9.84. The van der Waals surface area contributed by atoms with E-state index in [1.54, 1.807) is 11.3 Å². The Bertz CT molecular complexity index is 422. The van der Waals surface area contributed by atoms with E-state index in [1.807, 2.05) is 0 Å². The number of aromatic nitrogens is 1. The Balaban J connectivity index is 2.59. The lowest BCUT2D eigenvalue weighted by molar-refractivity contribution is 0.156. The molecule has 4 heteroatoms. The number of thiazole rings is 1. The number of rotatable bonds is 8. The molecule has 0 fully saturated rings. The molecule has 21 heavy (non-hydrogen) atoms. The summed E-state index contributed by atoms with van der Waals surface area (Å²) in [5.74, 6) is 0. The van der Waals surface area contributed by atoms with Crippen LogP contribution in [0.15, 0.2) is 5.38 Å². The molecule has 1 rings (SSSR count). The fraction of sp³-hybridized carbons (Fsp3) is 0.824. The van der Waals surface area contributed by atoms with Crippen LogP contribution in [0.25, 0.3) is 0 Å². The molecule has 0 aliphatic rings. The molecule has 0 bridgehead atoms. The van der Waals surface area contributed by atoms with Crippen LogP contribution in [0.3, 0.4) is 0 Å². The molecule has 0 aromatic carbocycles. The summed E-state index contributed by atoms with van der Waals surface area (Å²) in [6, 6.07) is 0. The molecule has 0 radical (unpaired) electrons. The number of nitrogens with zero attached hydrogens (tertiary/aromatic N) is 2. The van der Waals surface area contributed by atoms with Crippen LogP contribution in [0, 0.1) is 12.3 Å². The molecule has 1 aromatic heterocycles. The number of hydrogen-bond acceptors (Lipinski definition) is 4. The monoisotopic (exact) mass is 311 g/mol. The summed E-state index contributed by atoms with van der Waals surface area (Å²) in [5, 5.41) is 7.01. The second-order valence-corrected chi connectivity index (χ2v) is 8.76. The van der Waals surface area contributed by atoms with Crippen LogP contribution in [0.2, 0.25) is 0 Å². The lowest BCUT2D eigenvalue weighted by Gasteiger charge is -2.36. The highest BCUT2D eigenvalue weighted by molar-refractivity contribution is 7.09. The molecule has 0 saturated heterocycles. The van der Waals surface area contributed by atoms with E-state index in [4.69, 9.17) is 0 Å². The first-order valence-electron chi connectivity index (χ1n) is 7.98. The summed E-state index contributed by atoms with van der Waals surface area (Å²) in [5.41, 5.74) is 1.68. The van der Waals surface area contributed by atoms with Gasteiger partial charge in [-0.15, -0.1) is 11.3 Å². The predicted octanol–water partition coefficient (Wildman–Crippen LogP) is 4.08. The Labute approximate surface area is 135 Å². The molecule has 1 aromatic rings. The summed E-state index contributed by atoms with van der Waals surface area (Å²) in [4.78, 5) is 6.98. The van der Waals surface area contributed by atoms with Crippen molar-refractivity contribution >= 4 is 11.3 Å². The predicted molar refractivity (Wildman–Crippen MR) is 94.0 cm³/mol. The van der Waals surface area contributed by atoms with E-state index in [1.165, 1.54) is 18.5 Å². The Kier molecular flexibility index (Phi) is 6.82. The van der Waals surface area contributed by atoms with Gasteiger partial charge in [-0.3, -0.25) is 4.90 Å². The first-order valence-corrected chi connectivity index (χ1v) is 8.86. The van der Waals surface area contributed by atoms with Gasteiger partial charge in [0.25, 0.3) is 0 Å². The molecule has 1 atom stereocenters. The first-order chi connectivity index (χ1) is 9.63. The smallest absolute Gasteiger partial charge is 0.0897 e. The number of aryl methyl sites for hydroxylation is 1. The second-order valence-electron chi connectivity index (χ2n) is 7.69. The van der Waals surface area contributed by atoms with Crippen LogP contribution in [0.4, 0.5) is 0 Å². The second kappa shape index (κ2) is 7.70. The third-order valence-corrected chi connectivity index (χ3v) is 4.47. The minimum atomic E-state index is 0.180. The summed E-state index contributed by atoms with van der Waals surface area (Å²) >= 11 is 1.74. The zero-order chi connectivity index (χ0) is 16.1. The fourth-order valence-electron chi connectivity index (χ4n) is 2.77. The van der Waals surface area contributed by atoms with Crippen LogP contribution >= 0.6 is 11.3 Å². The van der Waals surface area contributed by atoms with E-state index in [2.05, 4.69) is 69.2 Å². The SMILES string of the molecule is CCCC(C)(CNC(C)(C)C)CN(C)Cc1csc(C)n1. The van der Waals surface area contributed by atoms with Gasteiger partial charge < -0.3 is 5.32 Å². The van der Waals surface area contributed by atoms with Gasteiger partial charge in [0, 0.05) is 30.6 Å². The van der Waals surface area contributed by atoms with E-state index in [0.29, 0.717) is 5.41 Å². The average Bonchev–Trinajstić information content (AvgIpc) is 2.71. The normalized spacial score (nSPS) is 15.4. The van der Waals surface area contributed by atoms with E-state index in [9.17, 15) is 0 Å². The van der Waals surface area contributed by atoms with Crippen LogP contribution in [-0.4, -0.2) is 35.6 Å². The Hall–Kier alpha value is -0.450. The third kappa shape index (κ3) is 7.39. The van der Waals surface area contributed by atoms with Gasteiger partial charge >= 0.3 is 0 Å². The summed E-state index contributed by atoms with van der Waals surface area (Å²) in [6.07, 6.45) is 2.47. The summed E-state index contributed by atoms with van der Waals surface area (Å²) in [7, 11) is 2.21. The van der Waals surface area contributed by atoms with E-state index in [0.717, 1.165) is 24.6 Å². The van der Waals surface area contributed by atoms with Crippen molar-refractivity contribution in [2.75, 3.05) is 20.1 Å². The van der Waals surface area contributed by atoms with Crippen LogP contribution in [0.1, 0.15) is 58.2 Å².